The second-order valence-electron chi connectivity index (χ2n) is 7.00. The Morgan fingerprint density at radius 1 is 1.23 bits per heavy atom. The van der Waals surface area contributed by atoms with Gasteiger partial charge in [-0.1, -0.05) is 6.07 Å². The number of hydrogen-bond acceptors (Lipinski definition) is 5. The lowest BCUT2D eigenvalue weighted by Gasteiger charge is -2.35. The zero-order valence-corrected chi connectivity index (χ0v) is 17.1. The third-order valence-corrected chi connectivity index (χ3v) is 5.30. The van der Waals surface area contributed by atoms with Crippen molar-refractivity contribution in [3.63, 3.8) is 0 Å². The van der Waals surface area contributed by atoms with Crippen molar-refractivity contribution >= 4 is 36.5 Å². The molecule has 0 spiro atoms. The van der Waals surface area contributed by atoms with Crippen LogP contribution in [0.1, 0.15) is 19.8 Å². The van der Waals surface area contributed by atoms with Crippen LogP contribution in [0.5, 0.6) is 0 Å². The number of pyridine rings is 1. The molecule has 148 valence electrons. The predicted octanol–water partition coefficient (Wildman–Crippen LogP) is 1.63. The first-order valence-corrected chi connectivity index (χ1v) is 9.05. The van der Waals surface area contributed by atoms with Gasteiger partial charge in [-0.15, -0.1) is 24.8 Å². The van der Waals surface area contributed by atoms with E-state index in [4.69, 9.17) is 5.73 Å². The number of hydrogen-bond donors (Lipinski definition) is 1. The average molecular weight is 404 g/mol. The van der Waals surface area contributed by atoms with Crippen LogP contribution in [-0.4, -0.2) is 72.5 Å². The summed E-state index contributed by atoms with van der Waals surface area (Å²) in [7, 11) is 0. The third kappa shape index (κ3) is 5.71. The number of likely N-dealkylation sites (tertiary alicyclic amines) is 1. The molecular formula is C18H31Cl2N5O. The molecule has 0 aliphatic carbocycles. The molecule has 26 heavy (non-hydrogen) atoms. The molecule has 0 saturated carbocycles. The summed E-state index contributed by atoms with van der Waals surface area (Å²) < 4.78 is 0. The van der Waals surface area contributed by atoms with E-state index in [1.165, 1.54) is 0 Å². The van der Waals surface area contributed by atoms with E-state index in [-0.39, 0.29) is 30.7 Å². The fraction of sp³-hybridized carbons (Fsp3) is 0.667. The number of amides is 1. The fourth-order valence-corrected chi connectivity index (χ4v) is 3.80. The summed E-state index contributed by atoms with van der Waals surface area (Å²) in [5.41, 5.74) is 5.75. The first-order valence-electron chi connectivity index (χ1n) is 9.05. The van der Waals surface area contributed by atoms with Crippen LogP contribution in [-0.2, 0) is 4.79 Å². The van der Waals surface area contributed by atoms with E-state index in [2.05, 4.69) is 27.8 Å². The Bertz CT molecular complexity index is 540. The van der Waals surface area contributed by atoms with Gasteiger partial charge in [0.1, 0.15) is 5.82 Å². The van der Waals surface area contributed by atoms with Crippen LogP contribution in [0.2, 0.25) is 0 Å². The molecule has 0 bridgehead atoms. The van der Waals surface area contributed by atoms with Crippen LogP contribution in [0.25, 0.3) is 0 Å². The highest BCUT2D eigenvalue weighted by molar-refractivity contribution is 5.85. The van der Waals surface area contributed by atoms with Crippen LogP contribution in [0, 0.1) is 5.92 Å². The van der Waals surface area contributed by atoms with Gasteiger partial charge in [-0.05, 0) is 37.9 Å². The van der Waals surface area contributed by atoms with Gasteiger partial charge in [-0.2, -0.15) is 0 Å². The third-order valence-electron chi connectivity index (χ3n) is 5.30. The first-order chi connectivity index (χ1) is 11.7. The molecule has 0 radical (unpaired) electrons. The minimum Gasteiger partial charge on any atom is -0.354 e. The molecule has 2 aliphatic heterocycles. The smallest absolute Gasteiger partial charge is 0.224 e. The Morgan fingerprint density at radius 3 is 2.54 bits per heavy atom. The molecule has 0 aromatic carbocycles. The lowest BCUT2D eigenvalue weighted by molar-refractivity contribution is -0.132. The van der Waals surface area contributed by atoms with E-state index in [1.807, 2.05) is 23.2 Å². The monoisotopic (exact) mass is 403 g/mol. The number of nitrogens with two attached hydrogens (primary N) is 1. The second kappa shape index (κ2) is 10.9. The van der Waals surface area contributed by atoms with Crippen LogP contribution in [0.15, 0.2) is 24.4 Å². The topological polar surface area (TPSA) is 65.7 Å². The summed E-state index contributed by atoms with van der Waals surface area (Å²) in [5, 5.41) is 0. The highest BCUT2D eigenvalue weighted by atomic mass is 35.5. The Balaban J connectivity index is 0.00000169. The number of piperazine rings is 1. The average Bonchev–Trinajstić information content (AvgIpc) is 3.02. The van der Waals surface area contributed by atoms with Gasteiger partial charge in [0, 0.05) is 57.9 Å². The molecule has 1 aromatic rings. The van der Waals surface area contributed by atoms with Crippen molar-refractivity contribution in [2.45, 2.75) is 25.8 Å². The van der Waals surface area contributed by atoms with Gasteiger partial charge in [0.2, 0.25) is 5.91 Å². The summed E-state index contributed by atoms with van der Waals surface area (Å²) in [6.45, 7) is 8.44. The Hall–Kier alpha value is -1.08. The van der Waals surface area contributed by atoms with E-state index in [0.29, 0.717) is 24.9 Å². The number of carbonyl (C=O) groups is 1. The molecule has 2 saturated heterocycles. The van der Waals surface area contributed by atoms with E-state index in [9.17, 15) is 4.79 Å². The van der Waals surface area contributed by atoms with Gasteiger partial charge in [-0.3, -0.25) is 9.69 Å². The maximum atomic E-state index is 12.5. The van der Waals surface area contributed by atoms with Crippen molar-refractivity contribution < 1.29 is 4.79 Å². The Labute approximate surface area is 168 Å². The van der Waals surface area contributed by atoms with E-state index in [0.717, 1.165) is 51.5 Å². The van der Waals surface area contributed by atoms with Crippen molar-refractivity contribution in [3.05, 3.63) is 24.4 Å². The summed E-state index contributed by atoms with van der Waals surface area (Å²) in [5.74, 6) is 1.81. The Kier molecular flexibility index (Phi) is 9.64. The number of halogens is 2. The van der Waals surface area contributed by atoms with Crippen molar-refractivity contribution in [1.82, 2.24) is 14.8 Å². The predicted molar refractivity (Wildman–Crippen MR) is 110 cm³/mol. The van der Waals surface area contributed by atoms with Gasteiger partial charge >= 0.3 is 0 Å². The molecule has 8 heteroatoms. The van der Waals surface area contributed by atoms with Crippen LogP contribution in [0.4, 0.5) is 5.82 Å². The molecule has 2 N–H and O–H groups in total. The molecule has 3 rings (SSSR count). The molecule has 2 fully saturated rings. The molecule has 3 heterocycles. The van der Waals surface area contributed by atoms with Gasteiger partial charge in [0.15, 0.2) is 0 Å². The van der Waals surface area contributed by atoms with Crippen molar-refractivity contribution in [2.24, 2.45) is 11.7 Å². The zero-order chi connectivity index (χ0) is 16.9. The minimum atomic E-state index is 0. The highest BCUT2D eigenvalue weighted by Gasteiger charge is 2.31. The number of aromatic nitrogens is 1. The summed E-state index contributed by atoms with van der Waals surface area (Å²) in [6.07, 6.45) is 3.50. The van der Waals surface area contributed by atoms with Crippen molar-refractivity contribution in [2.75, 3.05) is 50.7 Å². The number of anilines is 1. The minimum absolute atomic E-state index is 0. The maximum absolute atomic E-state index is 12.5. The van der Waals surface area contributed by atoms with Crippen LogP contribution in [0.3, 0.4) is 0 Å². The lowest BCUT2D eigenvalue weighted by atomic mass is 10.1. The second-order valence-corrected chi connectivity index (χ2v) is 7.00. The molecule has 2 unspecified atom stereocenters. The number of carbonyl (C=O) groups excluding carboxylic acids is 1. The normalized spacial score (nSPS) is 23.3. The van der Waals surface area contributed by atoms with E-state index >= 15 is 0 Å². The lowest BCUT2D eigenvalue weighted by Crippen LogP contribution is -2.47. The SMILES string of the molecule is CC1CC(CN)CN1C(=O)CCN1CCN(c2ccccn2)CC1.Cl.Cl. The van der Waals surface area contributed by atoms with Gasteiger partial charge in [-0.25, -0.2) is 4.98 Å². The summed E-state index contributed by atoms with van der Waals surface area (Å²) >= 11 is 0. The fourth-order valence-electron chi connectivity index (χ4n) is 3.80. The number of nitrogens with zero attached hydrogens (tertiary/aromatic N) is 4. The van der Waals surface area contributed by atoms with Crippen molar-refractivity contribution in [3.8, 4) is 0 Å². The molecule has 1 amide bonds. The largest absolute Gasteiger partial charge is 0.354 e. The van der Waals surface area contributed by atoms with Crippen LogP contribution < -0.4 is 10.6 Å². The summed E-state index contributed by atoms with van der Waals surface area (Å²) in [4.78, 5) is 23.6. The number of rotatable bonds is 5. The standard InChI is InChI=1S/C18H29N5O.2ClH/c1-15-12-16(13-19)14-23(15)18(24)5-7-21-8-10-22(11-9-21)17-4-2-3-6-20-17;;/h2-4,6,15-16H,5,7-14,19H2,1H3;2*1H. The molecule has 2 aliphatic rings. The highest BCUT2D eigenvalue weighted by Crippen LogP contribution is 2.23. The van der Waals surface area contributed by atoms with Crippen LogP contribution >= 0.6 is 24.8 Å². The van der Waals surface area contributed by atoms with Gasteiger partial charge in [0.25, 0.3) is 0 Å². The zero-order valence-electron chi connectivity index (χ0n) is 15.4. The summed E-state index contributed by atoms with van der Waals surface area (Å²) in [6, 6.07) is 6.37. The quantitative estimate of drug-likeness (QED) is 0.808. The van der Waals surface area contributed by atoms with Crippen molar-refractivity contribution in [1.29, 1.82) is 0 Å². The maximum Gasteiger partial charge on any atom is 0.224 e. The Morgan fingerprint density at radius 2 is 1.96 bits per heavy atom. The van der Waals surface area contributed by atoms with E-state index < -0.39 is 0 Å². The molecule has 2 atom stereocenters. The first kappa shape index (κ1) is 23.0. The van der Waals surface area contributed by atoms with E-state index in [1.54, 1.807) is 0 Å². The molecular weight excluding hydrogens is 373 g/mol. The molecule has 1 aromatic heterocycles. The van der Waals surface area contributed by atoms with Gasteiger partial charge < -0.3 is 15.5 Å². The van der Waals surface area contributed by atoms with Gasteiger partial charge in [0.05, 0.1) is 0 Å². The molecule has 6 nitrogen and oxygen atoms in total.